The maximum atomic E-state index is 12.2. The highest BCUT2D eigenvalue weighted by atomic mass is 35.5. The van der Waals surface area contributed by atoms with E-state index >= 15 is 0 Å². The summed E-state index contributed by atoms with van der Waals surface area (Å²) in [4.78, 5) is 41.0. The molecule has 0 aliphatic carbocycles. The van der Waals surface area contributed by atoms with Crippen LogP contribution in [0.3, 0.4) is 0 Å². The third-order valence-corrected chi connectivity index (χ3v) is 5.29. The number of halogens is 1. The zero-order chi connectivity index (χ0) is 20.4. The number of benzene rings is 1. The highest BCUT2D eigenvalue weighted by Gasteiger charge is 2.25. The van der Waals surface area contributed by atoms with Gasteiger partial charge in [-0.05, 0) is 30.7 Å². The van der Waals surface area contributed by atoms with Gasteiger partial charge in [-0.3, -0.25) is 4.79 Å². The summed E-state index contributed by atoms with van der Waals surface area (Å²) >= 11 is 7.00. The minimum Gasteiger partial charge on any atom is -0.465 e. The van der Waals surface area contributed by atoms with E-state index in [1.54, 1.807) is 12.1 Å². The molecule has 2 heterocycles. The number of carbonyl (C=O) groups is 3. The molecule has 144 valence electrons. The molecule has 0 saturated carbocycles. The molecule has 0 radical (unpaired) electrons. The predicted molar refractivity (Wildman–Crippen MR) is 107 cm³/mol. The van der Waals surface area contributed by atoms with Crippen molar-refractivity contribution >= 4 is 56.7 Å². The summed E-state index contributed by atoms with van der Waals surface area (Å²) in [6.45, 7) is 1.82. The van der Waals surface area contributed by atoms with Crippen molar-refractivity contribution in [3.63, 3.8) is 0 Å². The number of esters is 2. The number of amides is 1. The summed E-state index contributed by atoms with van der Waals surface area (Å²) in [5.41, 5.74) is 2.48. The van der Waals surface area contributed by atoms with Gasteiger partial charge in [-0.1, -0.05) is 23.7 Å². The van der Waals surface area contributed by atoms with E-state index in [1.807, 2.05) is 25.1 Å². The number of thiophene rings is 1. The highest BCUT2D eigenvalue weighted by Crippen LogP contribution is 2.39. The van der Waals surface area contributed by atoms with Gasteiger partial charge >= 0.3 is 17.8 Å². The second kappa shape index (κ2) is 7.95. The van der Waals surface area contributed by atoms with Gasteiger partial charge in [0, 0.05) is 16.0 Å². The molecule has 1 N–H and O–H groups in total. The summed E-state index contributed by atoms with van der Waals surface area (Å²) in [5.74, 6) is -2.71. The molecule has 1 amide bonds. The van der Waals surface area contributed by atoms with Crippen LogP contribution >= 0.6 is 22.9 Å². The van der Waals surface area contributed by atoms with Gasteiger partial charge in [-0.2, -0.15) is 0 Å². The Morgan fingerprint density at radius 3 is 2.39 bits per heavy atom. The van der Waals surface area contributed by atoms with Crippen LogP contribution in [0.25, 0.3) is 21.5 Å². The first-order chi connectivity index (χ1) is 13.3. The van der Waals surface area contributed by atoms with Gasteiger partial charge in [0.05, 0.1) is 25.6 Å². The van der Waals surface area contributed by atoms with Gasteiger partial charge in [0.1, 0.15) is 9.71 Å². The van der Waals surface area contributed by atoms with Crippen molar-refractivity contribution in [2.75, 3.05) is 19.5 Å². The van der Waals surface area contributed by atoms with E-state index in [0.29, 0.717) is 20.9 Å². The second-order valence-corrected chi connectivity index (χ2v) is 7.19. The van der Waals surface area contributed by atoms with Gasteiger partial charge < -0.3 is 14.8 Å². The van der Waals surface area contributed by atoms with Crippen LogP contribution in [0.1, 0.15) is 15.2 Å². The Balaban J connectivity index is 2.18. The molecule has 0 fully saturated rings. The van der Waals surface area contributed by atoms with Crippen LogP contribution in [0.4, 0.5) is 5.69 Å². The van der Waals surface area contributed by atoms with Crippen LogP contribution in [0.15, 0.2) is 30.3 Å². The Morgan fingerprint density at radius 1 is 1.11 bits per heavy atom. The Morgan fingerprint density at radius 2 is 1.79 bits per heavy atom. The smallest absolute Gasteiger partial charge is 0.396 e. The number of carbonyl (C=O) groups excluding carboxylic acids is 3. The fourth-order valence-corrected chi connectivity index (χ4v) is 3.91. The van der Waals surface area contributed by atoms with Gasteiger partial charge in [0.15, 0.2) is 0 Å². The summed E-state index contributed by atoms with van der Waals surface area (Å²) in [7, 11) is 2.33. The van der Waals surface area contributed by atoms with Crippen LogP contribution in [-0.2, 0) is 19.1 Å². The highest BCUT2D eigenvalue weighted by molar-refractivity contribution is 7.21. The maximum absolute atomic E-state index is 12.2. The lowest BCUT2D eigenvalue weighted by atomic mass is 10.1. The molecule has 0 bridgehead atoms. The molecule has 3 rings (SSSR count). The summed E-state index contributed by atoms with van der Waals surface area (Å²) in [5, 5.41) is 3.61. The lowest BCUT2D eigenvalue weighted by molar-refractivity contribution is -0.150. The van der Waals surface area contributed by atoms with Crippen molar-refractivity contribution in [2.24, 2.45) is 0 Å². The van der Waals surface area contributed by atoms with Crippen molar-refractivity contribution in [3.05, 3.63) is 45.8 Å². The zero-order valence-corrected chi connectivity index (χ0v) is 16.7. The van der Waals surface area contributed by atoms with E-state index < -0.39 is 17.8 Å². The van der Waals surface area contributed by atoms with E-state index in [1.165, 1.54) is 7.11 Å². The minimum atomic E-state index is -1.07. The second-order valence-electron chi connectivity index (χ2n) is 5.75. The van der Waals surface area contributed by atoms with Crippen LogP contribution in [0.2, 0.25) is 5.02 Å². The molecule has 9 heteroatoms. The molecule has 0 spiro atoms. The summed E-state index contributed by atoms with van der Waals surface area (Å²) in [6, 6.07) is 9.02. The molecule has 0 atom stereocenters. The summed E-state index contributed by atoms with van der Waals surface area (Å²) in [6.07, 6.45) is 0. The van der Waals surface area contributed by atoms with E-state index in [0.717, 1.165) is 29.6 Å². The van der Waals surface area contributed by atoms with Crippen molar-refractivity contribution in [1.82, 2.24) is 4.98 Å². The number of methoxy groups -OCH3 is 2. The Kier molecular flexibility index (Phi) is 5.62. The van der Waals surface area contributed by atoms with E-state index in [-0.39, 0.29) is 10.6 Å². The quantitative estimate of drug-likeness (QED) is 0.513. The predicted octanol–water partition coefficient (Wildman–Crippen LogP) is 3.82. The van der Waals surface area contributed by atoms with Crippen LogP contribution in [0, 0.1) is 6.92 Å². The molecule has 3 aromatic rings. The maximum Gasteiger partial charge on any atom is 0.396 e. The first-order valence-corrected chi connectivity index (χ1v) is 9.22. The third-order valence-electron chi connectivity index (χ3n) is 3.98. The average molecular weight is 419 g/mol. The number of hydrogen-bond donors (Lipinski definition) is 1. The van der Waals surface area contributed by atoms with Crippen molar-refractivity contribution < 1.29 is 23.9 Å². The van der Waals surface area contributed by atoms with Gasteiger partial charge in [-0.25, -0.2) is 14.6 Å². The van der Waals surface area contributed by atoms with Gasteiger partial charge in [-0.15, -0.1) is 11.3 Å². The molecule has 1 aromatic carbocycles. The van der Waals surface area contributed by atoms with Crippen LogP contribution in [-0.4, -0.2) is 37.0 Å². The molecule has 2 aromatic heterocycles. The number of fused-ring (bicyclic) bond motifs is 1. The molecule has 7 nitrogen and oxygen atoms in total. The Labute approximate surface area is 169 Å². The topological polar surface area (TPSA) is 94.6 Å². The number of nitrogens with zero attached hydrogens (tertiary/aromatic N) is 1. The monoisotopic (exact) mass is 418 g/mol. The van der Waals surface area contributed by atoms with E-state index in [4.69, 9.17) is 16.3 Å². The number of aromatic nitrogens is 1. The van der Waals surface area contributed by atoms with Gasteiger partial charge in [0.2, 0.25) is 0 Å². The Hall–Kier alpha value is -2.97. The van der Waals surface area contributed by atoms with Crippen LogP contribution < -0.4 is 5.32 Å². The number of ether oxygens (including phenoxy) is 2. The molecule has 0 saturated heterocycles. The van der Waals surface area contributed by atoms with Crippen molar-refractivity contribution in [2.45, 2.75) is 6.92 Å². The molecule has 0 aliphatic rings. The SMILES string of the molecule is COC(=O)C(=O)Nc1c(C(=O)OC)sc2nc(-c3ccc(Cl)cc3)cc(C)c12. The van der Waals surface area contributed by atoms with Gasteiger partial charge in [0.25, 0.3) is 0 Å². The standard InChI is InChI=1S/C19H15ClN2O5S/c1-9-8-12(10-4-6-11(20)7-5-10)21-17-13(9)14(15(28-17)18(24)26-2)22-16(23)19(25)27-3/h4-8H,1-3H3,(H,22,23). The molecule has 28 heavy (non-hydrogen) atoms. The average Bonchev–Trinajstić information content (AvgIpc) is 3.05. The van der Waals surface area contributed by atoms with Crippen LogP contribution in [0.5, 0.6) is 0 Å². The molecular formula is C19H15ClN2O5S. The normalized spacial score (nSPS) is 10.6. The fraction of sp³-hybridized carbons (Fsp3) is 0.158. The largest absolute Gasteiger partial charge is 0.465 e. The van der Waals surface area contributed by atoms with E-state index in [2.05, 4.69) is 15.0 Å². The first kappa shape index (κ1) is 19.8. The zero-order valence-electron chi connectivity index (χ0n) is 15.2. The van der Waals surface area contributed by atoms with E-state index in [9.17, 15) is 14.4 Å². The minimum absolute atomic E-state index is 0.138. The lowest BCUT2D eigenvalue weighted by Crippen LogP contribution is -2.24. The lowest BCUT2D eigenvalue weighted by Gasteiger charge is -2.08. The van der Waals surface area contributed by atoms with Crippen molar-refractivity contribution in [1.29, 1.82) is 0 Å². The Bertz CT molecular complexity index is 1090. The molecule has 0 unspecified atom stereocenters. The molecule has 0 aliphatic heterocycles. The number of pyridine rings is 1. The van der Waals surface area contributed by atoms with Crippen molar-refractivity contribution in [3.8, 4) is 11.3 Å². The first-order valence-electron chi connectivity index (χ1n) is 8.03. The number of rotatable bonds is 3. The fourth-order valence-electron chi connectivity index (χ4n) is 2.66. The number of anilines is 1. The molecular weight excluding hydrogens is 404 g/mol. The number of hydrogen-bond acceptors (Lipinski definition) is 7. The number of aryl methyl sites for hydroxylation is 1. The number of nitrogens with one attached hydrogen (secondary N) is 1. The summed E-state index contributed by atoms with van der Waals surface area (Å²) < 4.78 is 9.23. The third kappa shape index (κ3) is 3.69.